The van der Waals surface area contributed by atoms with Crippen molar-refractivity contribution in [2.75, 3.05) is 43.7 Å². The number of piperazine rings is 1. The highest BCUT2D eigenvalue weighted by Gasteiger charge is 2.20. The zero-order valence-corrected chi connectivity index (χ0v) is 13.2. The van der Waals surface area contributed by atoms with Crippen molar-refractivity contribution in [1.82, 2.24) is 9.80 Å². The molecule has 0 radical (unpaired) electrons. The second-order valence-corrected chi connectivity index (χ2v) is 7.19. The minimum Gasteiger partial charge on any atom is -0.336 e. The molecule has 1 amide bonds. The first-order chi connectivity index (χ1) is 9.91. The Morgan fingerprint density at radius 1 is 1.24 bits per heavy atom. The molecular weight excluding hydrogens is 290 g/mol. The van der Waals surface area contributed by atoms with Gasteiger partial charge in [-0.05, 0) is 32.2 Å². The highest BCUT2D eigenvalue weighted by molar-refractivity contribution is 7.92. The Morgan fingerprint density at radius 2 is 1.90 bits per heavy atom. The summed E-state index contributed by atoms with van der Waals surface area (Å²) in [5, 5.41) is 0. The van der Waals surface area contributed by atoms with Crippen LogP contribution in [0.25, 0.3) is 0 Å². The Bertz CT molecular complexity index is 608. The number of nitrogens with zero attached hydrogens (tertiary/aromatic N) is 2. The number of hydrogen-bond acceptors (Lipinski definition) is 4. The largest absolute Gasteiger partial charge is 0.336 e. The van der Waals surface area contributed by atoms with Gasteiger partial charge in [0, 0.05) is 37.4 Å². The van der Waals surface area contributed by atoms with Gasteiger partial charge < -0.3 is 9.80 Å². The number of carbonyl (C=O) groups excluding carboxylic acids is 1. The number of nitrogens with one attached hydrogen (secondary N) is 1. The summed E-state index contributed by atoms with van der Waals surface area (Å²) in [6.45, 7) is 4.67. The molecule has 0 spiro atoms. The number of anilines is 1. The molecule has 1 aliphatic rings. The minimum absolute atomic E-state index is 0.00360. The van der Waals surface area contributed by atoms with Crippen LogP contribution in [0, 0.1) is 0 Å². The molecule has 116 valence electrons. The Balaban J connectivity index is 2.12. The SMILES string of the molecule is CCS(=O)(=O)Nc1cccc(C(=O)N2CCN(C)CC2)c1. The van der Waals surface area contributed by atoms with Crippen molar-refractivity contribution in [3.8, 4) is 0 Å². The van der Waals surface area contributed by atoms with Crippen molar-refractivity contribution in [2.45, 2.75) is 6.92 Å². The summed E-state index contributed by atoms with van der Waals surface area (Å²) >= 11 is 0. The maximum absolute atomic E-state index is 12.4. The predicted molar refractivity (Wildman–Crippen MR) is 82.9 cm³/mol. The zero-order valence-electron chi connectivity index (χ0n) is 12.4. The van der Waals surface area contributed by atoms with Crippen LogP contribution in [0.5, 0.6) is 0 Å². The van der Waals surface area contributed by atoms with E-state index in [1.807, 2.05) is 7.05 Å². The number of amides is 1. The average molecular weight is 311 g/mol. The van der Waals surface area contributed by atoms with Gasteiger partial charge in [-0.1, -0.05) is 6.07 Å². The number of benzene rings is 1. The molecule has 1 aromatic carbocycles. The van der Waals surface area contributed by atoms with Crippen molar-refractivity contribution in [3.05, 3.63) is 29.8 Å². The van der Waals surface area contributed by atoms with Gasteiger partial charge in [0.2, 0.25) is 10.0 Å². The van der Waals surface area contributed by atoms with Crippen LogP contribution in [-0.2, 0) is 10.0 Å². The lowest BCUT2D eigenvalue weighted by atomic mass is 10.1. The third-order valence-electron chi connectivity index (χ3n) is 3.55. The fourth-order valence-electron chi connectivity index (χ4n) is 2.16. The van der Waals surface area contributed by atoms with E-state index < -0.39 is 10.0 Å². The van der Waals surface area contributed by atoms with Crippen LogP contribution in [0.1, 0.15) is 17.3 Å². The van der Waals surface area contributed by atoms with E-state index in [1.165, 1.54) is 0 Å². The third-order valence-corrected chi connectivity index (χ3v) is 4.86. The number of hydrogen-bond donors (Lipinski definition) is 1. The van der Waals surface area contributed by atoms with Crippen LogP contribution >= 0.6 is 0 Å². The Hall–Kier alpha value is -1.60. The average Bonchev–Trinajstić information content (AvgIpc) is 2.47. The predicted octanol–water partition coefficient (Wildman–Crippen LogP) is 0.836. The van der Waals surface area contributed by atoms with Crippen molar-refractivity contribution in [3.63, 3.8) is 0 Å². The monoisotopic (exact) mass is 311 g/mol. The summed E-state index contributed by atoms with van der Waals surface area (Å²) in [5.41, 5.74) is 0.938. The van der Waals surface area contributed by atoms with Crippen molar-refractivity contribution < 1.29 is 13.2 Å². The van der Waals surface area contributed by atoms with E-state index in [9.17, 15) is 13.2 Å². The standard InChI is InChI=1S/C14H21N3O3S/c1-3-21(19,20)15-13-6-4-5-12(11-13)14(18)17-9-7-16(2)8-10-17/h4-6,11,15H,3,7-10H2,1-2H3. The maximum Gasteiger partial charge on any atom is 0.254 e. The molecule has 0 aliphatic carbocycles. The molecule has 21 heavy (non-hydrogen) atoms. The highest BCUT2D eigenvalue weighted by Crippen LogP contribution is 2.15. The molecule has 2 rings (SSSR count). The summed E-state index contributed by atoms with van der Waals surface area (Å²) in [5.74, 6) is -0.0514. The van der Waals surface area contributed by atoms with E-state index in [4.69, 9.17) is 0 Å². The Morgan fingerprint density at radius 3 is 2.52 bits per heavy atom. The first-order valence-electron chi connectivity index (χ1n) is 6.99. The summed E-state index contributed by atoms with van der Waals surface area (Å²) < 4.78 is 25.6. The fraction of sp³-hybridized carbons (Fsp3) is 0.500. The van der Waals surface area contributed by atoms with Crippen LogP contribution in [0.2, 0.25) is 0 Å². The third kappa shape index (κ3) is 4.18. The van der Waals surface area contributed by atoms with E-state index in [0.717, 1.165) is 13.1 Å². The molecule has 0 aromatic heterocycles. The molecule has 0 saturated carbocycles. The van der Waals surface area contributed by atoms with Gasteiger partial charge in [0.1, 0.15) is 0 Å². The molecule has 0 bridgehead atoms. The van der Waals surface area contributed by atoms with Crippen molar-refractivity contribution in [1.29, 1.82) is 0 Å². The first-order valence-corrected chi connectivity index (χ1v) is 8.65. The minimum atomic E-state index is -3.33. The number of sulfonamides is 1. The summed E-state index contributed by atoms with van der Waals surface area (Å²) in [6, 6.07) is 6.64. The van der Waals surface area contributed by atoms with E-state index in [2.05, 4.69) is 9.62 Å². The lowest BCUT2D eigenvalue weighted by Crippen LogP contribution is -2.47. The van der Waals surface area contributed by atoms with Gasteiger partial charge >= 0.3 is 0 Å². The molecule has 1 heterocycles. The van der Waals surface area contributed by atoms with Gasteiger partial charge in [-0.15, -0.1) is 0 Å². The molecule has 0 unspecified atom stereocenters. The molecule has 7 heteroatoms. The molecule has 6 nitrogen and oxygen atoms in total. The van der Waals surface area contributed by atoms with Crippen molar-refractivity contribution >= 4 is 21.6 Å². The van der Waals surface area contributed by atoms with Crippen LogP contribution in [-0.4, -0.2) is 63.1 Å². The fourth-order valence-corrected chi connectivity index (χ4v) is 2.79. The van der Waals surface area contributed by atoms with Crippen LogP contribution in [0.4, 0.5) is 5.69 Å². The molecule has 1 aromatic rings. The van der Waals surface area contributed by atoms with Gasteiger partial charge in [-0.25, -0.2) is 8.42 Å². The second kappa shape index (κ2) is 6.44. The van der Waals surface area contributed by atoms with Crippen LogP contribution in [0.3, 0.4) is 0 Å². The smallest absolute Gasteiger partial charge is 0.254 e. The van der Waals surface area contributed by atoms with E-state index in [-0.39, 0.29) is 11.7 Å². The first kappa shape index (κ1) is 15.8. The topological polar surface area (TPSA) is 69.7 Å². The van der Waals surface area contributed by atoms with Gasteiger partial charge in [-0.3, -0.25) is 9.52 Å². The van der Waals surface area contributed by atoms with E-state index >= 15 is 0 Å². The van der Waals surface area contributed by atoms with Crippen molar-refractivity contribution in [2.24, 2.45) is 0 Å². The van der Waals surface area contributed by atoms with E-state index in [0.29, 0.717) is 24.3 Å². The van der Waals surface area contributed by atoms with Crippen LogP contribution < -0.4 is 4.72 Å². The summed E-state index contributed by atoms with van der Waals surface area (Å²) in [6.07, 6.45) is 0. The molecule has 1 N–H and O–H groups in total. The molecule has 1 fully saturated rings. The second-order valence-electron chi connectivity index (χ2n) is 5.18. The lowest BCUT2D eigenvalue weighted by Gasteiger charge is -2.32. The lowest BCUT2D eigenvalue weighted by molar-refractivity contribution is 0.0664. The Labute approximate surface area is 125 Å². The van der Waals surface area contributed by atoms with Gasteiger partial charge in [0.15, 0.2) is 0 Å². The molecular formula is C14H21N3O3S. The number of rotatable bonds is 4. The summed E-state index contributed by atoms with van der Waals surface area (Å²) in [4.78, 5) is 16.4. The van der Waals surface area contributed by atoms with E-state index in [1.54, 1.807) is 36.1 Å². The summed E-state index contributed by atoms with van der Waals surface area (Å²) in [7, 11) is -1.30. The van der Waals surface area contributed by atoms with Gasteiger partial charge in [0.25, 0.3) is 5.91 Å². The molecule has 1 saturated heterocycles. The molecule has 0 atom stereocenters. The van der Waals surface area contributed by atoms with Crippen LogP contribution in [0.15, 0.2) is 24.3 Å². The quantitative estimate of drug-likeness (QED) is 0.894. The number of carbonyl (C=O) groups is 1. The van der Waals surface area contributed by atoms with Gasteiger partial charge in [0.05, 0.1) is 5.75 Å². The highest BCUT2D eigenvalue weighted by atomic mass is 32.2. The maximum atomic E-state index is 12.4. The Kier molecular flexibility index (Phi) is 4.84. The molecule has 1 aliphatic heterocycles. The normalized spacial score (nSPS) is 16.8. The van der Waals surface area contributed by atoms with Gasteiger partial charge in [-0.2, -0.15) is 0 Å². The zero-order chi connectivity index (χ0) is 15.5. The number of likely N-dealkylation sites (N-methyl/N-ethyl adjacent to an activating group) is 1.